The first kappa shape index (κ1) is 11.7. The van der Waals surface area contributed by atoms with Crippen molar-refractivity contribution in [2.45, 2.75) is 13.0 Å². The smallest absolute Gasteiger partial charge is 0.216 e. The van der Waals surface area contributed by atoms with Gasteiger partial charge in [-0.2, -0.15) is 0 Å². The molecule has 0 bridgehead atoms. The van der Waals surface area contributed by atoms with Gasteiger partial charge in [0, 0.05) is 20.6 Å². The van der Waals surface area contributed by atoms with Gasteiger partial charge in [0.15, 0.2) is 0 Å². The van der Waals surface area contributed by atoms with Crippen molar-refractivity contribution in [1.82, 2.24) is 5.32 Å². The average molecular weight is 211 g/mol. The normalized spacial score (nSPS) is 12.2. The van der Waals surface area contributed by atoms with Gasteiger partial charge in [0.05, 0.1) is 6.10 Å². The lowest BCUT2D eigenvalue weighted by Gasteiger charge is -2.15. The molecule has 1 unspecified atom stereocenters. The third-order valence-electron chi connectivity index (χ3n) is 2.04. The van der Waals surface area contributed by atoms with Crippen LogP contribution in [0.3, 0.4) is 0 Å². The van der Waals surface area contributed by atoms with Crippen molar-refractivity contribution < 1.29 is 13.9 Å². The summed E-state index contributed by atoms with van der Waals surface area (Å²) in [6.45, 7) is 1.77. The Morgan fingerprint density at radius 2 is 2.33 bits per heavy atom. The van der Waals surface area contributed by atoms with Crippen LogP contribution in [0, 0.1) is 5.82 Å². The van der Waals surface area contributed by atoms with Crippen molar-refractivity contribution in [3.63, 3.8) is 0 Å². The quantitative estimate of drug-likeness (QED) is 0.822. The van der Waals surface area contributed by atoms with E-state index in [1.807, 2.05) is 0 Å². The van der Waals surface area contributed by atoms with E-state index in [9.17, 15) is 9.18 Å². The molecule has 1 amide bonds. The Bertz CT molecular complexity index is 341. The zero-order valence-corrected chi connectivity index (χ0v) is 8.79. The van der Waals surface area contributed by atoms with Crippen molar-refractivity contribution in [2.24, 2.45) is 0 Å². The van der Waals surface area contributed by atoms with Gasteiger partial charge in [-0.3, -0.25) is 4.79 Å². The molecule has 0 aliphatic carbocycles. The summed E-state index contributed by atoms with van der Waals surface area (Å²) >= 11 is 0. The topological polar surface area (TPSA) is 38.3 Å². The van der Waals surface area contributed by atoms with Gasteiger partial charge in [0.25, 0.3) is 0 Å². The number of carbonyl (C=O) groups is 1. The van der Waals surface area contributed by atoms with E-state index in [1.54, 1.807) is 12.1 Å². The van der Waals surface area contributed by atoms with Crippen LogP contribution < -0.4 is 5.32 Å². The molecule has 82 valence electrons. The molecule has 0 radical (unpaired) electrons. The lowest BCUT2D eigenvalue weighted by atomic mass is 10.1. The number of hydrogen-bond donors (Lipinski definition) is 1. The van der Waals surface area contributed by atoms with Gasteiger partial charge < -0.3 is 10.1 Å². The first-order chi connectivity index (χ1) is 7.13. The molecule has 4 heteroatoms. The van der Waals surface area contributed by atoms with Crippen LogP contribution in [0.4, 0.5) is 4.39 Å². The Balaban J connectivity index is 2.69. The van der Waals surface area contributed by atoms with Gasteiger partial charge in [-0.15, -0.1) is 0 Å². The van der Waals surface area contributed by atoms with Crippen LogP contribution in [0.5, 0.6) is 0 Å². The number of methoxy groups -OCH3 is 1. The Morgan fingerprint density at radius 3 is 2.87 bits per heavy atom. The molecule has 0 aliphatic rings. The molecule has 0 saturated carbocycles. The molecule has 0 heterocycles. The highest BCUT2D eigenvalue weighted by atomic mass is 19.1. The summed E-state index contributed by atoms with van der Waals surface area (Å²) in [7, 11) is 1.53. The third kappa shape index (κ3) is 3.67. The van der Waals surface area contributed by atoms with E-state index in [0.717, 1.165) is 0 Å². The number of ether oxygens (including phenoxy) is 1. The first-order valence-corrected chi connectivity index (χ1v) is 4.66. The summed E-state index contributed by atoms with van der Waals surface area (Å²) in [5.41, 5.74) is 0.714. The maximum atomic E-state index is 12.9. The summed E-state index contributed by atoms with van der Waals surface area (Å²) in [5.74, 6) is -0.439. The predicted octanol–water partition coefficient (Wildman–Crippen LogP) is 1.65. The maximum absolute atomic E-state index is 12.9. The van der Waals surface area contributed by atoms with Crippen molar-refractivity contribution in [3.8, 4) is 0 Å². The number of nitrogens with one attached hydrogen (secondary N) is 1. The van der Waals surface area contributed by atoms with Gasteiger partial charge in [-0.05, 0) is 17.7 Å². The van der Waals surface area contributed by atoms with Crippen LogP contribution in [-0.4, -0.2) is 19.6 Å². The van der Waals surface area contributed by atoms with Crippen LogP contribution in [-0.2, 0) is 9.53 Å². The minimum absolute atomic E-state index is 0.131. The number of benzene rings is 1. The molecule has 0 aromatic heterocycles. The Kier molecular flexibility index (Phi) is 4.24. The SMILES string of the molecule is COC(CNC(C)=O)c1cccc(F)c1. The monoisotopic (exact) mass is 211 g/mol. The van der Waals surface area contributed by atoms with Crippen LogP contribution in [0.25, 0.3) is 0 Å². The lowest BCUT2D eigenvalue weighted by Crippen LogP contribution is -2.26. The highest BCUT2D eigenvalue weighted by Crippen LogP contribution is 2.16. The summed E-state index contributed by atoms with van der Waals surface area (Å²) in [6, 6.07) is 6.15. The fourth-order valence-electron chi connectivity index (χ4n) is 1.28. The minimum atomic E-state index is -0.315. The maximum Gasteiger partial charge on any atom is 0.216 e. The summed E-state index contributed by atoms with van der Waals surface area (Å²) in [4.78, 5) is 10.7. The Hall–Kier alpha value is -1.42. The molecular weight excluding hydrogens is 197 g/mol. The largest absolute Gasteiger partial charge is 0.375 e. The van der Waals surface area contributed by atoms with Crippen LogP contribution >= 0.6 is 0 Å². The zero-order chi connectivity index (χ0) is 11.3. The molecule has 0 spiro atoms. The molecule has 1 rings (SSSR count). The van der Waals surface area contributed by atoms with E-state index in [2.05, 4.69) is 5.32 Å². The number of carbonyl (C=O) groups excluding carboxylic acids is 1. The second kappa shape index (κ2) is 5.46. The number of hydrogen-bond acceptors (Lipinski definition) is 2. The number of rotatable bonds is 4. The van der Waals surface area contributed by atoms with Gasteiger partial charge >= 0.3 is 0 Å². The van der Waals surface area contributed by atoms with E-state index < -0.39 is 0 Å². The predicted molar refractivity (Wildman–Crippen MR) is 54.8 cm³/mol. The van der Waals surface area contributed by atoms with Crippen LogP contribution in [0.15, 0.2) is 24.3 Å². The second-order valence-corrected chi connectivity index (χ2v) is 3.22. The molecule has 1 aromatic rings. The summed E-state index contributed by atoms with van der Waals surface area (Å²) in [5, 5.41) is 2.63. The zero-order valence-electron chi connectivity index (χ0n) is 8.79. The van der Waals surface area contributed by atoms with Gasteiger partial charge in [-0.1, -0.05) is 12.1 Å². The Labute approximate surface area is 88.2 Å². The molecule has 15 heavy (non-hydrogen) atoms. The standard InChI is InChI=1S/C11H14FNO2/c1-8(14)13-7-11(15-2)9-4-3-5-10(12)6-9/h3-6,11H,7H2,1-2H3,(H,13,14). The highest BCUT2D eigenvalue weighted by molar-refractivity contribution is 5.72. The van der Waals surface area contributed by atoms with Crippen molar-refractivity contribution in [3.05, 3.63) is 35.6 Å². The van der Waals surface area contributed by atoms with Crippen molar-refractivity contribution in [1.29, 1.82) is 0 Å². The number of halogens is 1. The summed E-state index contributed by atoms with van der Waals surface area (Å²) in [6.07, 6.45) is -0.315. The van der Waals surface area contributed by atoms with Crippen molar-refractivity contribution >= 4 is 5.91 Å². The van der Waals surface area contributed by atoms with Gasteiger partial charge in [0.1, 0.15) is 5.82 Å². The average Bonchev–Trinajstić information content (AvgIpc) is 2.18. The molecular formula is C11H14FNO2. The van der Waals surface area contributed by atoms with E-state index in [4.69, 9.17) is 4.74 Å². The Morgan fingerprint density at radius 1 is 1.60 bits per heavy atom. The molecule has 1 N–H and O–H groups in total. The lowest BCUT2D eigenvalue weighted by molar-refractivity contribution is -0.119. The minimum Gasteiger partial charge on any atom is -0.375 e. The van der Waals surface area contributed by atoms with Crippen molar-refractivity contribution in [2.75, 3.05) is 13.7 Å². The van der Waals surface area contributed by atoms with E-state index in [-0.39, 0.29) is 17.8 Å². The molecule has 1 atom stereocenters. The van der Waals surface area contributed by atoms with E-state index in [1.165, 1.54) is 26.2 Å². The van der Waals surface area contributed by atoms with Gasteiger partial charge in [-0.25, -0.2) is 4.39 Å². The van der Waals surface area contributed by atoms with Crippen LogP contribution in [0.1, 0.15) is 18.6 Å². The molecule has 0 fully saturated rings. The van der Waals surface area contributed by atoms with Crippen LogP contribution in [0.2, 0.25) is 0 Å². The van der Waals surface area contributed by atoms with E-state index in [0.29, 0.717) is 12.1 Å². The highest BCUT2D eigenvalue weighted by Gasteiger charge is 2.11. The molecule has 1 aromatic carbocycles. The van der Waals surface area contributed by atoms with E-state index >= 15 is 0 Å². The second-order valence-electron chi connectivity index (χ2n) is 3.22. The third-order valence-corrected chi connectivity index (χ3v) is 2.04. The fraction of sp³-hybridized carbons (Fsp3) is 0.364. The fourth-order valence-corrected chi connectivity index (χ4v) is 1.28. The van der Waals surface area contributed by atoms with Gasteiger partial charge in [0.2, 0.25) is 5.91 Å². The first-order valence-electron chi connectivity index (χ1n) is 4.66. The summed E-state index contributed by atoms with van der Waals surface area (Å²) < 4.78 is 18.1. The molecule has 0 aliphatic heterocycles. The number of amides is 1. The molecule has 3 nitrogen and oxygen atoms in total. The molecule has 0 saturated heterocycles.